The van der Waals surface area contributed by atoms with Crippen LogP contribution in [0.2, 0.25) is 0 Å². The molecule has 2 aromatic rings. The van der Waals surface area contributed by atoms with Gasteiger partial charge in [-0.05, 0) is 68.4 Å². The number of nitrogens with zero attached hydrogens (tertiary/aromatic N) is 2. The van der Waals surface area contributed by atoms with Gasteiger partial charge in [0.1, 0.15) is 0 Å². The van der Waals surface area contributed by atoms with E-state index in [-0.39, 0.29) is 23.7 Å². The minimum absolute atomic E-state index is 0.145. The fourth-order valence-electron chi connectivity index (χ4n) is 6.27. The molecule has 0 aliphatic heterocycles. The van der Waals surface area contributed by atoms with Gasteiger partial charge in [-0.3, -0.25) is 9.59 Å². The van der Waals surface area contributed by atoms with Crippen LogP contribution in [-0.2, 0) is 9.59 Å². The highest BCUT2D eigenvalue weighted by atomic mass is 16.5. The number of nitrogens with one attached hydrogen (secondary N) is 2. The number of aryl methyl sites for hydroxylation is 1. The van der Waals surface area contributed by atoms with Crippen molar-refractivity contribution in [3.8, 4) is 11.4 Å². The van der Waals surface area contributed by atoms with E-state index < -0.39 is 0 Å². The Balaban J connectivity index is 1.17. The van der Waals surface area contributed by atoms with Gasteiger partial charge in [0.05, 0.1) is 5.69 Å². The van der Waals surface area contributed by atoms with E-state index in [9.17, 15) is 9.59 Å². The first-order chi connectivity index (χ1) is 14.5. The van der Waals surface area contributed by atoms with Gasteiger partial charge in [-0.1, -0.05) is 17.3 Å². The predicted molar refractivity (Wildman–Crippen MR) is 111 cm³/mol. The molecular weight excluding hydrogens is 380 g/mol. The third kappa shape index (κ3) is 3.61. The number of anilines is 1. The summed E-state index contributed by atoms with van der Waals surface area (Å²) in [5, 5.41) is 9.92. The highest BCUT2D eigenvalue weighted by Gasteiger charge is 2.54. The maximum atomic E-state index is 13.0. The lowest BCUT2D eigenvalue weighted by Gasteiger charge is -2.55. The molecule has 1 heterocycles. The maximum Gasteiger partial charge on any atom is 0.226 e. The summed E-state index contributed by atoms with van der Waals surface area (Å²) >= 11 is 0. The van der Waals surface area contributed by atoms with Crippen LogP contribution in [-0.4, -0.2) is 28.5 Å². The lowest BCUT2D eigenvalue weighted by atomic mass is 9.49. The molecule has 4 saturated carbocycles. The molecule has 0 unspecified atom stereocenters. The molecule has 1 aromatic carbocycles. The van der Waals surface area contributed by atoms with Crippen molar-refractivity contribution in [2.45, 2.75) is 51.9 Å². The van der Waals surface area contributed by atoms with E-state index >= 15 is 0 Å². The monoisotopic (exact) mass is 408 g/mol. The van der Waals surface area contributed by atoms with Gasteiger partial charge in [0.15, 0.2) is 0 Å². The molecule has 7 nitrogen and oxygen atoms in total. The van der Waals surface area contributed by atoms with Crippen LogP contribution in [0, 0.1) is 30.1 Å². The molecule has 0 spiro atoms. The van der Waals surface area contributed by atoms with Crippen molar-refractivity contribution in [1.82, 2.24) is 15.5 Å². The lowest BCUT2D eigenvalue weighted by molar-refractivity contribution is -0.146. The Morgan fingerprint density at radius 3 is 2.40 bits per heavy atom. The molecule has 0 atom stereocenters. The lowest BCUT2D eigenvalue weighted by Crippen LogP contribution is -2.53. The molecular formula is C23H28N4O3. The minimum Gasteiger partial charge on any atom is -0.355 e. The average Bonchev–Trinajstić information content (AvgIpc) is 3.13. The van der Waals surface area contributed by atoms with Crippen LogP contribution < -0.4 is 10.6 Å². The molecule has 0 radical (unpaired) electrons. The highest BCUT2D eigenvalue weighted by Crippen LogP contribution is 2.60. The van der Waals surface area contributed by atoms with Crippen molar-refractivity contribution in [2.75, 3.05) is 11.9 Å². The van der Waals surface area contributed by atoms with Crippen LogP contribution in [0.4, 0.5) is 5.69 Å². The number of hydrogen-bond acceptors (Lipinski definition) is 5. The van der Waals surface area contributed by atoms with Gasteiger partial charge in [0.25, 0.3) is 0 Å². The van der Waals surface area contributed by atoms with Crippen molar-refractivity contribution in [1.29, 1.82) is 0 Å². The van der Waals surface area contributed by atoms with E-state index in [4.69, 9.17) is 4.52 Å². The van der Waals surface area contributed by atoms with Gasteiger partial charge >= 0.3 is 0 Å². The molecule has 7 heteroatoms. The molecule has 158 valence electrons. The summed E-state index contributed by atoms with van der Waals surface area (Å²) < 4.78 is 5.05. The van der Waals surface area contributed by atoms with Gasteiger partial charge in [-0.15, -0.1) is 0 Å². The number of aromatic nitrogens is 2. The van der Waals surface area contributed by atoms with Gasteiger partial charge in [0.2, 0.25) is 23.5 Å². The zero-order valence-corrected chi connectivity index (χ0v) is 17.3. The molecule has 2 N–H and O–H groups in total. The summed E-state index contributed by atoms with van der Waals surface area (Å²) in [6, 6.07) is 7.37. The number of amides is 2. The van der Waals surface area contributed by atoms with Crippen LogP contribution in [0.15, 0.2) is 28.8 Å². The topological polar surface area (TPSA) is 97.1 Å². The van der Waals surface area contributed by atoms with Gasteiger partial charge in [0, 0.05) is 30.9 Å². The quantitative estimate of drug-likeness (QED) is 0.759. The summed E-state index contributed by atoms with van der Waals surface area (Å²) in [6.07, 6.45) is 7.28. The van der Waals surface area contributed by atoms with Crippen molar-refractivity contribution in [2.24, 2.45) is 23.2 Å². The summed E-state index contributed by atoms with van der Waals surface area (Å²) in [6.45, 7) is 2.08. The van der Waals surface area contributed by atoms with Crippen LogP contribution in [0.5, 0.6) is 0 Å². The Hall–Kier alpha value is -2.70. The van der Waals surface area contributed by atoms with Crippen LogP contribution in [0.25, 0.3) is 11.4 Å². The average molecular weight is 409 g/mol. The second kappa shape index (κ2) is 7.52. The molecule has 4 aliphatic carbocycles. The van der Waals surface area contributed by atoms with Crippen LogP contribution in [0.3, 0.4) is 0 Å². The molecule has 30 heavy (non-hydrogen) atoms. The van der Waals surface area contributed by atoms with Crippen LogP contribution in [0.1, 0.15) is 50.8 Å². The van der Waals surface area contributed by atoms with Crippen molar-refractivity contribution < 1.29 is 14.1 Å². The first kappa shape index (κ1) is 19.3. The van der Waals surface area contributed by atoms with E-state index in [1.54, 1.807) is 6.92 Å². The van der Waals surface area contributed by atoms with E-state index in [1.807, 2.05) is 24.3 Å². The summed E-state index contributed by atoms with van der Waals surface area (Å²) in [5.41, 5.74) is 1.17. The second-order valence-electron chi connectivity index (χ2n) is 9.43. The zero-order chi connectivity index (χ0) is 20.7. The number of hydrogen-bond donors (Lipinski definition) is 2. The fourth-order valence-corrected chi connectivity index (χ4v) is 6.27. The van der Waals surface area contributed by atoms with E-state index in [0.717, 1.165) is 37.0 Å². The molecule has 4 fully saturated rings. The van der Waals surface area contributed by atoms with E-state index in [0.29, 0.717) is 29.5 Å². The Kier molecular flexibility index (Phi) is 4.83. The van der Waals surface area contributed by atoms with Crippen molar-refractivity contribution in [3.63, 3.8) is 0 Å². The molecule has 0 saturated heterocycles. The van der Waals surface area contributed by atoms with Crippen molar-refractivity contribution in [3.05, 3.63) is 30.2 Å². The van der Waals surface area contributed by atoms with Crippen LogP contribution >= 0.6 is 0 Å². The Labute approximate surface area is 176 Å². The van der Waals surface area contributed by atoms with Gasteiger partial charge < -0.3 is 15.2 Å². The highest BCUT2D eigenvalue weighted by molar-refractivity contribution is 5.95. The summed E-state index contributed by atoms with van der Waals surface area (Å²) in [7, 11) is 0. The number of carbonyl (C=O) groups excluding carboxylic acids is 2. The largest absolute Gasteiger partial charge is 0.355 e. The third-order valence-electron chi connectivity index (χ3n) is 7.13. The van der Waals surface area contributed by atoms with Gasteiger partial charge in [-0.25, -0.2) is 0 Å². The second-order valence-corrected chi connectivity index (χ2v) is 9.43. The number of rotatable bonds is 6. The smallest absolute Gasteiger partial charge is 0.226 e. The Morgan fingerprint density at radius 2 is 1.77 bits per heavy atom. The number of benzene rings is 1. The molecule has 4 aliphatic rings. The number of para-hydroxylation sites is 1. The first-order valence-electron chi connectivity index (χ1n) is 11.0. The Morgan fingerprint density at radius 1 is 1.10 bits per heavy atom. The summed E-state index contributed by atoms with van der Waals surface area (Å²) in [4.78, 5) is 29.8. The molecule has 2 amide bonds. The summed E-state index contributed by atoms with van der Waals surface area (Å²) in [5.74, 6) is 3.13. The maximum absolute atomic E-state index is 13.0. The third-order valence-corrected chi connectivity index (χ3v) is 7.13. The normalized spacial score (nSPS) is 29.0. The van der Waals surface area contributed by atoms with E-state index in [2.05, 4.69) is 20.8 Å². The minimum atomic E-state index is -0.172. The standard InChI is InChI=1S/C23H28N4O3/c1-14-25-21(27-30-14)18-4-2-3-5-19(18)26-20(28)6-7-24-22(29)23-11-15-8-16(12-23)10-17(9-15)13-23/h2-5,15-17H,6-13H2,1H3,(H,24,29)(H,26,28). The number of carbonyl (C=O) groups is 2. The Bertz CT molecular complexity index is 932. The molecule has 1 aromatic heterocycles. The van der Waals surface area contributed by atoms with E-state index in [1.165, 1.54) is 19.3 Å². The zero-order valence-electron chi connectivity index (χ0n) is 17.3. The fraction of sp³-hybridized carbons (Fsp3) is 0.565. The van der Waals surface area contributed by atoms with Gasteiger partial charge in [-0.2, -0.15) is 4.98 Å². The van der Waals surface area contributed by atoms with Crippen molar-refractivity contribution >= 4 is 17.5 Å². The predicted octanol–water partition coefficient (Wildman–Crippen LogP) is 3.71. The molecule has 4 bridgehead atoms. The molecule has 6 rings (SSSR count). The SMILES string of the molecule is Cc1nc(-c2ccccc2NC(=O)CCNC(=O)C23CC4CC(CC(C4)C2)C3)no1. The first-order valence-corrected chi connectivity index (χ1v) is 11.0.